The van der Waals surface area contributed by atoms with Gasteiger partial charge in [-0.05, 0) is 5.56 Å². The van der Waals surface area contributed by atoms with Crippen molar-refractivity contribution in [1.82, 2.24) is 19.8 Å². The first-order chi connectivity index (χ1) is 8.24. The van der Waals surface area contributed by atoms with Gasteiger partial charge in [-0.15, -0.1) is 5.10 Å². The predicted octanol–water partition coefficient (Wildman–Crippen LogP) is 2.85. The Hall–Kier alpha value is -2.10. The molecule has 3 rings (SSSR count). The molecule has 2 aromatic heterocycles. The summed E-state index contributed by atoms with van der Waals surface area (Å²) in [4.78, 5) is 4.48. The molecule has 17 heavy (non-hydrogen) atoms. The first-order valence-electron chi connectivity index (χ1n) is 5.75. The minimum atomic E-state index is 0.350. The Kier molecular flexibility index (Phi) is 2.21. The highest BCUT2D eigenvalue weighted by Crippen LogP contribution is 2.19. The van der Waals surface area contributed by atoms with Crippen molar-refractivity contribution in [3.05, 3.63) is 42.2 Å². The van der Waals surface area contributed by atoms with Crippen LogP contribution < -0.4 is 0 Å². The van der Waals surface area contributed by atoms with E-state index in [1.807, 2.05) is 24.3 Å². The number of H-pyrrole nitrogens is 1. The molecular weight excluding hydrogens is 212 g/mol. The summed E-state index contributed by atoms with van der Waals surface area (Å²) in [6.07, 6.45) is 0. The van der Waals surface area contributed by atoms with Gasteiger partial charge in [0.15, 0.2) is 11.5 Å². The summed E-state index contributed by atoms with van der Waals surface area (Å²) >= 11 is 0. The largest absolute Gasteiger partial charge is 0.276 e. The van der Waals surface area contributed by atoms with Crippen LogP contribution in [0.3, 0.4) is 0 Å². The second kappa shape index (κ2) is 3.73. The number of rotatable bonds is 2. The maximum atomic E-state index is 4.48. The van der Waals surface area contributed by atoms with E-state index in [0.29, 0.717) is 5.92 Å². The molecule has 0 fully saturated rings. The van der Waals surface area contributed by atoms with Gasteiger partial charge in [-0.25, -0.2) is 4.98 Å². The van der Waals surface area contributed by atoms with Crippen LogP contribution in [0, 0.1) is 0 Å². The second-order valence-corrected chi connectivity index (χ2v) is 4.43. The van der Waals surface area contributed by atoms with Crippen LogP contribution >= 0.6 is 0 Å². The quantitative estimate of drug-likeness (QED) is 0.730. The third-order valence-corrected chi connectivity index (χ3v) is 2.75. The number of fused-ring (bicyclic) bond motifs is 1. The van der Waals surface area contributed by atoms with E-state index in [2.05, 4.69) is 41.2 Å². The van der Waals surface area contributed by atoms with Crippen molar-refractivity contribution in [2.75, 3.05) is 0 Å². The molecular formula is C13H14N4. The highest BCUT2D eigenvalue weighted by Gasteiger charge is 2.10. The van der Waals surface area contributed by atoms with Gasteiger partial charge in [0, 0.05) is 12.0 Å². The summed E-state index contributed by atoms with van der Waals surface area (Å²) in [7, 11) is 0. The van der Waals surface area contributed by atoms with Gasteiger partial charge in [-0.3, -0.25) is 5.10 Å². The normalized spacial score (nSPS) is 11.5. The van der Waals surface area contributed by atoms with Gasteiger partial charge in [-0.2, -0.15) is 4.63 Å². The van der Waals surface area contributed by atoms with Crippen LogP contribution in [-0.4, -0.2) is 19.8 Å². The molecule has 0 radical (unpaired) electrons. The van der Waals surface area contributed by atoms with Crippen molar-refractivity contribution in [1.29, 1.82) is 0 Å². The van der Waals surface area contributed by atoms with Crippen molar-refractivity contribution in [2.24, 2.45) is 0 Å². The maximum Gasteiger partial charge on any atom is 0.176 e. The Labute approximate surface area is 99.3 Å². The number of hydrogen-bond donors (Lipinski definition) is 1. The average Bonchev–Trinajstić information content (AvgIpc) is 2.87. The third kappa shape index (κ3) is 1.71. The van der Waals surface area contributed by atoms with Gasteiger partial charge in [-0.1, -0.05) is 44.2 Å². The van der Waals surface area contributed by atoms with Crippen LogP contribution in [0.15, 0.2) is 36.4 Å². The molecule has 0 saturated heterocycles. The molecule has 0 aliphatic carbocycles. The lowest BCUT2D eigenvalue weighted by Crippen LogP contribution is -1.93. The minimum Gasteiger partial charge on any atom is -0.276 e. The number of nitrogens with zero attached hydrogens (tertiary/aromatic N) is 3. The molecule has 0 atom stereocenters. The average molecular weight is 226 g/mol. The van der Waals surface area contributed by atoms with Crippen molar-refractivity contribution in [3.63, 3.8) is 0 Å². The molecule has 1 N–H and O–H groups in total. The lowest BCUT2D eigenvalue weighted by molar-refractivity contribution is 0.731. The smallest absolute Gasteiger partial charge is 0.176 e. The van der Waals surface area contributed by atoms with Gasteiger partial charge < -0.3 is 0 Å². The summed E-state index contributed by atoms with van der Waals surface area (Å²) in [6.45, 7) is 4.18. The molecule has 0 unspecified atom stereocenters. The Balaban J connectivity index is 2.07. The lowest BCUT2D eigenvalue weighted by Gasteiger charge is -1.96. The first kappa shape index (κ1) is 10.1. The Morgan fingerprint density at radius 2 is 1.94 bits per heavy atom. The van der Waals surface area contributed by atoms with E-state index in [9.17, 15) is 0 Å². The molecule has 0 aliphatic rings. The summed E-state index contributed by atoms with van der Waals surface area (Å²) < 4.78 is 1.73. The fraction of sp³-hybridized carbons (Fsp3) is 0.231. The van der Waals surface area contributed by atoms with E-state index < -0.39 is 0 Å². The molecule has 1 aromatic carbocycles. The summed E-state index contributed by atoms with van der Waals surface area (Å²) in [5.41, 5.74) is 3.05. The topological polar surface area (TPSA) is 46.0 Å². The number of aromatic nitrogens is 4. The summed E-state index contributed by atoms with van der Waals surface area (Å²) in [5, 5.41) is 7.64. The minimum absolute atomic E-state index is 0.350. The molecule has 0 spiro atoms. The summed E-state index contributed by atoms with van der Waals surface area (Å²) in [5.74, 6) is 1.22. The zero-order chi connectivity index (χ0) is 11.8. The van der Waals surface area contributed by atoms with Crippen molar-refractivity contribution < 1.29 is 0 Å². The molecule has 0 bridgehead atoms. The van der Waals surface area contributed by atoms with Crippen LogP contribution in [-0.2, 0) is 0 Å². The lowest BCUT2D eigenvalue weighted by atomic mass is 10.2. The van der Waals surface area contributed by atoms with E-state index in [1.54, 1.807) is 4.63 Å². The Morgan fingerprint density at radius 3 is 2.59 bits per heavy atom. The zero-order valence-electron chi connectivity index (χ0n) is 9.88. The highest BCUT2D eigenvalue weighted by molar-refractivity contribution is 5.63. The fourth-order valence-electron chi connectivity index (χ4n) is 1.80. The van der Waals surface area contributed by atoms with Crippen LogP contribution in [0.1, 0.15) is 25.6 Å². The Morgan fingerprint density at radius 1 is 1.18 bits per heavy atom. The molecule has 0 aliphatic heterocycles. The van der Waals surface area contributed by atoms with Gasteiger partial charge in [0.1, 0.15) is 0 Å². The van der Waals surface area contributed by atoms with E-state index in [-0.39, 0.29) is 0 Å². The van der Waals surface area contributed by atoms with Crippen LogP contribution in [0.4, 0.5) is 0 Å². The molecule has 2 heterocycles. The Bertz CT molecular complexity index is 602. The molecule has 0 amide bonds. The van der Waals surface area contributed by atoms with E-state index in [4.69, 9.17) is 0 Å². The number of nitrogens with one attached hydrogen (secondary N) is 1. The van der Waals surface area contributed by atoms with Crippen molar-refractivity contribution in [2.45, 2.75) is 19.8 Å². The van der Waals surface area contributed by atoms with Gasteiger partial charge in [0.05, 0.1) is 5.69 Å². The summed E-state index contributed by atoms with van der Waals surface area (Å²) in [6, 6.07) is 12.2. The van der Waals surface area contributed by atoms with Gasteiger partial charge >= 0.3 is 0 Å². The zero-order valence-corrected chi connectivity index (χ0v) is 9.88. The highest BCUT2D eigenvalue weighted by atomic mass is 15.5. The molecule has 86 valence electrons. The molecule has 4 nitrogen and oxygen atoms in total. The van der Waals surface area contributed by atoms with Crippen LogP contribution in [0.5, 0.6) is 0 Å². The first-order valence-corrected chi connectivity index (χ1v) is 5.75. The standard InChI is InChI=1S/C13H14N4/c1-9(2)13-14-12-8-11(15-17(12)16-13)10-6-4-3-5-7-10/h3-9,15H,1-2H3. The van der Waals surface area contributed by atoms with Crippen molar-refractivity contribution >= 4 is 5.65 Å². The van der Waals surface area contributed by atoms with Gasteiger partial charge in [0.2, 0.25) is 0 Å². The predicted molar refractivity (Wildman–Crippen MR) is 66.9 cm³/mol. The third-order valence-electron chi connectivity index (χ3n) is 2.75. The number of benzene rings is 1. The van der Waals surface area contributed by atoms with E-state index in [0.717, 1.165) is 22.7 Å². The van der Waals surface area contributed by atoms with E-state index >= 15 is 0 Å². The number of aromatic amines is 1. The fourth-order valence-corrected chi connectivity index (χ4v) is 1.80. The van der Waals surface area contributed by atoms with Crippen LogP contribution in [0.2, 0.25) is 0 Å². The SMILES string of the molecule is CC(C)c1nc2cc(-c3ccccc3)[nH]n2n1. The van der Waals surface area contributed by atoms with Crippen molar-refractivity contribution in [3.8, 4) is 11.3 Å². The maximum absolute atomic E-state index is 4.48. The van der Waals surface area contributed by atoms with E-state index in [1.165, 1.54) is 0 Å². The molecule has 0 saturated carbocycles. The molecule has 4 heteroatoms. The molecule has 3 aromatic rings. The van der Waals surface area contributed by atoms with Crippen LogP contribution in [0.25, 0.3) is 16.9 Å². The monoisotopic (exact) mass is 226 g/mol. The van der Waals surface area contributed by atoms with Gasteiger partial charge in [0.25, 0.3) is 0 Å². The second-order valence-electron chi connectivity index (χ2n) is 4.43. The number of hydrogen-bond acceptors (Lipinski definition) is 2.